The Hall–Kier alpha value is -3.12. The largest absolute Gasteiger partial charge is 0.280 e. The van der Waals surface area contributed by atoms with E-state index in [1.54, 1.807) is 16.8 Å². The molecule has 0 aliphatic heterocycles. The Morgan fingerprint density at radius 3 is 2.79 bits per heavy atom. The second-order valence-corrected chi connectivity index (χ2v) is 6.17. The Bertz CT molecular complexity index is 1160. The van der Waals surface area contributed by atoms with E-state index >= 15 is 0 Å². The van der Waals surface area contributed by atoms with Crippen LogP contribution in [0.4, 0.5) is 0 Å². The van der Waals surface area contributed by atoms with Gasteiger partial charge in [-0.2, -0.15) is 0 Å². The summed E-state index contributed by atoms with van der Waals surface area (Å²) in [5.74, 6) is 0.760. The normalized spacial score (nSPS) is 11.3. The van der Waals surface area contributed by atoms with Crippen molar-refractivity contribution < 1.29 is 0 Å². The third-order valence-corrected chi connectivity index (χ3v) is 4.59. The van der Waals surface area contributed by atoms with Gasteiger partial charge in [-0.15, -0.1) is 21.5 Å². The number of nitrogens with zero attached hydrogens (tertiary/aromatic N) is 5. The van der Waals surface area contributed by atoms with Gasteiger partial charge in [0.05, 0.1) is 11.0 Å². The zero-order chi connectivity index (χ0) is 15.9. The van der Waals surface area contributed by atoms with Crippen LogP contribution < -0.4 is 0 Å². The third-order valence-electron chi connectivity index (χ3n) is 4.00. The summed E-state index contributed by atoms with van der Waals surface area (Å²) in [7, 11) is 0. The van der Waals surface area contributed by atoms with Crippen molar-refractivity contribution in [3.8, 4) is 22.6 Å². The van der Waals surface area contributed by atoms with Crippen LogP contribution >= 0.6 is 11.3 Å². The van der Waals surface area contributed by atoms with E-state index in [1.165, 1.54) is 0 Å². The molecule has 1 aromatic carbocycles. The van der Waals surface area contributed by atoms with E-state index < -0.39 is 0 Å². The van der Waals surface area contributed by atoms with Gasteiger partial charge in [-0.25, -0.2) is 4.98 Å². The van der Waals surface area contributed by atoms with Gasteiger partial charge in [0.1, 0.15) is 5.69 Å². The number of thiazole rings is 1. The van der Waals surface area contributed by atoms with E-state index in [1.807, 2.05) is 34.2 Å². The molecule has 0 fully saturated rings. The van der Waals surface area contributed by atoms with Crippen LogP contribution in [0.15, 0.2) is 65.7 Å². The quantitative estimate of drug-likeness (QED) is 0.490. The molecule has 0 aliphatic carbocycles. The highest BCUT2D eigenvalue weighted by molar-refractivity contribution is 7.07. The SMILES string of the molecule is c1cnc2ccc(-c3ccc4nnc(-c5cscn5)n4c3)cc2c1. The minimum Gasteiger partial charge on any atom is -0.280 e. The fourth-order valence-electron chi connectivity index (χ4n) is 2.81. The van der Waals surface area contributed by atoms with Crippen molar-refractivity contribution in [3.05, 3.63) is 65.7 Å². The molecule has 0 saturated carbocycles. The first-order chi connectivity index (χ1) is 11.9. The molecule has 4 heterocycles. The fourth-order valence-corrected chi connectivity index (χ4v) is 3.34. The van der Waals surface area contributed by atoms with Gasteiger partial charge >= 0.3 is 0 Å². The summed E-state index contributed by atoms with van der Waals surface area (Å²) in [6.45, 7) is 0. The van der Waals surface area contributed by atoms with Gasteiger partial charge in [-0.05, 0) is 41.5 Å². The smallest absolute Gasteiger partial charge is 0.187 e. The molecule has 5 aromatic rings. The minimum absolute atomic E-state index is 0.760. The maximum atomic E-state index is 4.37. The molecular formula is C18H11N5S. The Morgan fingerprint density at radius 1 is 0.917 bits per heavy atom. The molecule has 0 saturated heterocycles. The number of hydrogen-bond acceptors (Lipinski definition) is 5. The first kappa shape index (κ1) is 13.3. The standard InChI is InChI=1S/C18H11N5S/c1-2-13-8-12(3-5-15(13)19-7-1)14-4-6-17-21-22-18(23(17)9-14)16-10-24-11-20-16/h1-11H. The molecule has 4 aromatic heterocycles. The van der Waals surface area contributed by atoms with Crippen LogP contribution in [0.5, 0.6) is 0 Å². The maximum absolute atomic E-state index is 4.37. The van der Waals surface area contributed by atoms with Gasteiger partial charge in [0, 0.05) is 23.2 Å². The highest BCUT2D eigenvalue weighted by Crippen LogP contribution is 2.26. The van der Waals surface area contributed by atoms with E-state index in [-0.39, 0.29) is 0 Å². The molecule has 0 spiro atoms. The average molecular weight is 329 g/mol. The fraction of sp³-hybridized carbons (Fsp3) is 0. The summed E-state index contributed by atoms with van der Waals surface area (Å²) in [4.78, 5) is 8.71. The van der Waals surface area contributed by atoms with E-state index in [0.29, 0.717) is 0 Å². The lowest BCUT2D eigenvalue weighted by Gasteiger charge is -2.05. The molecule has 0 radical (unpaired) electrons. The molecule has 0 bridgehead atoms. The predicted molar refractivity (Wildman–Crippen MR) is 94.8 cm³/mol. The van der Waals surface area contributed by atoms with Crippen molar-refractivity contribution >= 4 is 27.9 Å². The molecule has 0 amide bonds. The van der Waals surface area contributed by atoms with Crippen LogP contribution in [0, 0.1) is 0 Å². The molecule has 24 heavy (non-hydrogen) atoms. The first-order valence-corrected chi connectivity index (χ1v) is 8.41. The summed E-state index contributed by atoms with van der Waals surface area (Å²) >= 11 is 1.55. The molecule has 6 heteroatoms. The van der Waals surface area contributed by atoms with E-state index in [0.717, 1.165) is 39.2 Å². The predicted octanol–water partition coefficient (Wildman–Crippen LogP) is 4.07. The summed E-state index contributed by atoms with van der Waals surface area (Å²) in [5.41, 5.74) is 6.68. The number of pyridine rings is 2. The maximum Gasteiger partial charge on any atom is 0.187 e. The van der Waals surface area contributed by atoms with Gasteiger partial charge < -0.3 is 0 Å². The Morgan fingerprint density at radius 2 is 1.88 bits per heavy atom. The average Bonchev–Trinajstić information content (AvgIpc) is 3.30. The van der Waals surface area contributed by atoms with Crippen LogP contribution in [-0.2, 0) is 0 Å². The van der Waals surface area contributed by atoms with Gasteiger partial charge in [0.25, 0.3) is 0 Å². The topological polar surface area (TPSA) is 56.0 Å². The first-order valence-electron chi connectivity index (χ1n) is 7.47. The monoisotopic (exact) mass is 329 g/mol. The summed E-state index contributed by atoms with van der Waals surface area (Å²) in [6.07, 6.45) is 3.87. The Balaban J connectivity index is 1.70. The van der Waals surface area contributed by atoms with Crippen molar-refractivity contribution in [2.24, 2.45) is 0 Å². The Labute approximate surface area is 141 Å². The van der Waals surface area contributed by atoms with Crippen molar-refractivity contribution in [3.63, 3.8) is 0 Å². The second kappa shape index (κ2) is 5.21. The van der Waals surface area contributed by atoms with Gasteiger partial charge in [-0.3, -0.25) is 9.38 Å². The van der Waals surface area contributed by atoms with Gasteiger partial charge in [-0.1, -0.05) is 12.1 Å². The third kappa shape index (κ3) is 2.08. The number of hydrogen-bond donors (Lipinski definition) is 0. The molecule has 0 atom stereocenters. The highest BCUT2D eigenvalue weighted by atomic mass is 32.1. The summed E-state index contributed by atoms with van der Waals surface area (Å²) in [5, 5.41) is 11.6. The van der Waals surface area contributed by atoms with Crippen molar-refractivity contribution in [2.45, 2.75) is 0 Å². The van der Waals surface area contributed by atoms with E-state index in [9.17, 15) is 0 Å². The number of rotatable bonds is 2. The lowest BCUT2D eigenvalue weighted by Crippen LogP contribution is -1.91. The molecular weight excluding hydrogens is 318 g/mol. The van der Waals surface area contributed by atoms with Crippen LogP contribution in [0.2, 0.25) is 0 Å². The lowest BCUT2D eigenvalue weighted by atomic mass is 10.1. The van der Waals surface area contributed by atoms with E-state index in [4.69, 9.17) is 0 Å². The van der Waals surface area contributed by atoms with Crippen molar-refractivity contribution in [2.75, 3.05) is 0 Å². The van der Waals surface area contributed by atoms with Crippen molar-refractivity contribution in [1.82, 2.24) is 24.6 Å². The highest BCUT2D eigenvalue weighted by Gasteiger charge is 2.11. The lowest BCUT2D eigenvalue weighted by molar-refractivity contribution is 1.10. The van der Waals surface area contributed by atoms with Crippen LogP contribution in [0.25, 0.3) is 39.2 Å². The Kier molecular flexibility index (Phi) is 2.89. The molecule has 5 rings (SSSR count). The number of aromatic nitrogens is 5. The molecule has 5 nitrogen and oxygen atoms in total. The van der Waals surface area contributed by atoms with Crippen LogP contribution in [0.1, 0.15) is 0 Å². The van der Waals surface area contributed by atoms with Crippen LogP contribution in [-0.4, -0.2) is 24.6 Å². The number of fused-ring (bicyclic) bond motifs is 2. The summed E-state index contributed by atoms with van der Waals surface area (Å²) < 4.78 is 1.98. The zero-order valence-corrected chi connectivity index (χ0v) is 13.3. The number of benzene rings is 1. The molecule has 0 N–H and O–H groups in total. The molecule has 0 aliphatic rings. The van der Waals surface area contributed by atoms with Gasteiger partial charge in [0.15, 0.2) is 11.5 Å². The molecule has 0 unspecified atom stereocenters. The zero-order valence-electron chi connectivity index (χ0n) is 12.5. The van der Waals surface area contributed by atoms with Gasteiger partial charge in [0.2, 0.25) is 0 Å². The second-order valence-electron chi connectivity index (χ2n) is 5.45. The van der Waals surface area contributed by atoms with E-state index in [2.05, 4.69) is 50.6 Å². The molecule has 114 valence electrons. The minimum atomic E-state index is 0.760. The van der Waals surface area contributed by atoms with Crippen LogP contribution in [0.3, 0.4) is 0 Å². The van der Waals surface area contributed by atoms with Crippen molar-refractivity contribution in [1.29, 1.82) is 0 Å². The summed E-state index contributed by atoms with van der Waals surface area (Å²) in [6, 6.07) is 14.3.